The summed E-state index contributed by atoms with van der Waals surface area (Å²) in [5.41, 5.74) is 2.86. The highest BCUT2D eigenvalue weighted by atomic mass is 19.2. The van der Waals surface area contributed by atoms with Crippen molar-refractivity contribution in [3.63, 3.8) is 0 Å². The molecule has 0 spiro atoms. The minimum Gasteiger partial charge on any atom is -0.494 e. The number of hydrogen-bond acceptors (Lipinski definition) is 2. The SMILES string of the molecule is CCCCCOc1ccc2c(c1)Cc1cc(OCCCCC)c(F)c(F)c1-2. The molecule has 0 saturated carbocycles. The molecule has 0 fully saturated rings. The molecule has 0 atom stereocenters. The van der Waals surface area contributed by atoms with Crippen molar-refractivity contribution in [1.29, 1.82) is 0 Å². The Balaban J connectivity index is 1.76. The van der Waals surface area contributed by atoms with Crippen LogP contribution in [0, 0.1) is 11.6 Å². The first-order valence-corrected chi connectivity index (χ1v) is 10.1. The molecule has 146 valence electrons. The molecule has 0 radical (unpaired) electrons. The van der Waals surface area contributed by atoms with Crippen molar-refractivity contribution < 1.29 is 18.3 Å². The standard InChI is InChI=1S/C23H28F2O2/c1-3-5-7-11-26-18-9-10-19-16(14-18)13-17-15-20(27-12-8-6-4-2)22(24)23(25)21(17)19/h9-10,14-15H,3-8,11-13H2,1-2H3. The van der Waals surface area contributed by atoms with Gasteiger partial charge in [-0.05, 0) is 54.2 Å². The maximum absolute atomic E-state index is 14.7. The first-order valence-electron chi connectivity index (χ1n) is 10.1. The van der Waals surface area contributed by atoms with Crippen LogP contribution in [0.15, 0.2) is 24.3 Å². The van der Waals surface area contributed by atoms with E-state index in [-0.39, 0.29) is 5.75 Å². The maximum atomic E-state index is 14.7. The smallest absolute Gasteiger partial charge is 0.201 e. The minimum absolute atomic E-state index is 0.0196. The van der Waals surface area contributed by atoms with E-state index in [9.17, 15) is 8.78 Å². The van der Waals surface area contributed by atoms with E-state index < -0.39 is 11.6 Å². The monoisotopic (exact) mass is 374 g/mol. The summed E-state index contributed by atoms with van der Waals surface area (Å²) in [6.07, 6.45) is 6.79. The Morgan fingerprint density at radius 1 is 0.815 bits per heavy atom. The van der Waals surface area contributed by atoms with E-state index in [0.717, 1.165) is 61.0 Å². The van der Waals surface area contributed by atoms with Gasteiger partial charge in [0.25, 0.3) is 0 Å². The van der Waals surface area contributed by atoms with Crippen molar-refractivity contribution in [2.45, 2.75) is 58.8 Å². The van der Waals surface area contributed by atoms with Crippen molar-refractivity contribution in [1.82, 2.24) is 0 Å². The van der Waals surface area contributed by atoms with E-state index in [1.807, 2.05) is 18.2 Å². The van der Waals surface area contributed by atoms with Crippen LogP contribution in [-0.2, 0) is 6.42 Å². The molecule has 1 aliphatic rings. The van der Waals surface area contributed by atoms with Gasteiger partial charge < -0.3 is 9.47 Å². The highest BCUT2D eigenvalue weighted by Gasteiger charge is 2.27. The molecular weight excluding hydrogens is 346 g/mol. The number of benzene rings is 2. The first kappa shape index (κ1) is 19.7. The average molecular weight is 374 g/mol. The Kier molecular flexibility index (Phi) is 6.70. The van der Waals surface area contributed by atoms with Gasteiger partial charge in [0.2, 0.25) is 5.82 Å². The highest BCUT2D eigenvalue weighted by Crippen LogP contribution is 2.43. The van der Waals surface area contributed by atoms with Crippen LogP contribution >= 0.6 is 0 Å². The third-order valence-electron chi connectivity index (χ3n) is 5.00. The van der Waals surface area contributed by atoms with Gasteiger partial charge in [0.1, 0.15) is 5.75 Å². The van der Waals surface area contributed by atoms with E-state index in [2.05, 4.69) is 13.8 Å². The van der Waals surface area contributed by atoms with Crippen LogP contribution in [0.3, 0.4) is 0 Å². The predicted octanol–water partition coefficient (Wildman–Crippen LogP) is 6.67. The van der Waals surface area contributed by atoms with Crippen molar-refractivity contribution in [3.8, 4) is 22.6 Å². The van der Waals surface area contributed by atoms with E-state index >= 15 is 0 Å². The summed E-state index contributed by atoms with van der Waals surface area (Å²) < 4.78 is 40.5. The number of rotatable bonds is 10. The van der Waals surface area contributed by atoms with Crippen LogP contribution < -0.4 is 9.47 Å². The predicted molar refractivity (Wildman–Crippen MR) is 105 cm³/mol. The lowest BCUT2D eigenvalue weighted by Gasteiger charge is -2.11. The van der Waals surface area contributed by atoms with E-state index in [1.54, 1.807) is 6.07 Å². The fourth-order valence-electron chi connectivity index (χ4n) is 3.52. The average Bonchev–Trinajstić information content (AvgIpc) is 3.03. The largest absolute Gasteiger partial charge is 0.494 e. The summed E-state index contributed by atoms with van der Waals surface area (Å²) >= 11 is 0. The molecule has 0 amide bonds. The molecule has 4 heteroatoms. The van der Waals surface area contributed by atoms with Gasteiger partial charge in [0.15, 0.2) is 11.6 Å². The Bertz CT molecular complexity index is 786. The number of hydrogen-bond donors (Lipinski definition) is 0. The number of halogens is 2. The second-order valence-electron chi connectivity index (χ2n) is 7.14. The normalized spacial score (nSPS) is 12.0. The molecule has 0 heterocycles. The van der Waals surface area contributed by atoms with Gasteiger partial charge >= 0.3 is 0 Å². The number of fused-ring (bicyclic) bond motifs is 3. The van der Waals surface area contributed by atoms with Crippen molar-refractivity contribution in [2.75, 3.05) is 13.2 Å². The molecule has 3 rings (SSSR count). The van der Waals surface area contributed by atoms with Crippen molar-refractivity contribution in [2.24, 2.45) is 0 Å². The van der Waals surface area contributed by atoms with Crippen LogP contribution in [0.25, 0.3) is 11.1 Å². The van der Waals surface area contributed by atoms with Gasteiger partial charge in [-0.25, -0.2) is 4.39 Å². The van der Waals surface area contributed by atoms with Gasteiger partial charge in [0, 0.05) is 5.56 Å². The maximum Gasteiger partial charge on any atom is 0.201 e. The zero-order chi connectivity index (χ0) is 19.2. The highest BCUT2D eigenvalue weighted by molar-refractivity contribution is 5.78. The summed E-state index contributed by atoms with van der Waals surface area (Å²) in [5.74, 6) is -0.896. The number of unbranched alkanes of at least 4 members (excludes halogenated alkanes) is 4. The molecule has 27 heavy (non-hydrogen) atoms. The summed E-state index contributed by atoms with van der Waals surface area (Å²) in [4.78, 5) is 0. The van der Waals surface area contributed by atoms with E-state index in [4.69, 9.17) is 9.47 Å². The Morgan fingerprint density at radius 2 is 1.52 bits per heavy atom. The molecule has 0 aromatic heterocycles. The molecule has 0 bridgehead atoms. The second kappa shape index (κ2) is 9.20. The van der Waals surface area contributed by atoms with Crippen molar-refractivity contribution >= 4 is 0 Å². The number of ether oxygens (including phenoxy) is 2. The molecule has 2 nitrogen and oxygen atoms in total. The van der Waals surface area contributed by atoms with Crippen LogP contribution in [0.4, 0.5) is 8.78 Å². The van der Waals surface area contributed by atoms with Crippen molar-refractivity contribution in [3.05, 3.63) is 47.0 Å². The van der Waals surface area contributed by atoms with E-state index in [1.165, 1.54) is 0 Å². The molecule has 0 aliphatic heterocycles. The van der Waals surface area contributed by atoms with Crippen LogP contribution in [0.5, 0.6) is 11.5 Å². The van der Waals surface area contributed by atoms with Crippen LogP contribution in [-0.4, -0.2) is 13.2 Å². The Labute approximate surface area is 160 Å². The zero-order valence-electron chi connectivity index (χ0n) is 16.2. The topological polar surface area (TPSA) is 18.5 Å². The minimum atomic E-state index is -0.891. The fourth-order valence-corrected chi connectivity index (χ4v) is 3.52. The fraction of sp³-hybridized carbons (Fsp3) is 0.478. The zero-order valence-corrected chi connectivity index (χ0v) is 16.2. The third kappa shape index (κ3) is 4.42. The lowest BCUT2D eigenvalue weighted by molar-refractivity contribution is 0.286. The molecule has 0 N–H and O–H groups in total. The molecule has 1 aliphatic carbocycles. The van der Waals surface area contributed by atoms with Gasteiger partial charge in [-0.2, -0.15) is 4.39 Å². The molecule has 2 aromatic carbocycles. The van der Waals surface area contributed by atoms with Gasteiger partial charge in [0.05, 0.1) is 13.2 Å². The second-order valence-corrected chi connectivity index (χ2v) is 7.14. The van der Waals surface area contributed by atoms with E-state index in [0.29, 0.717) is 25.2 Å². The summed E-state index contributed by atoms with van der Waals surface area (Å²) in [6.45, 7) is 5.33. The molecule has 0 saturated heterocycles. The quantitative estimate of drug-likeness (QED) is 0.369. The Morgan fingerprint density at radius 3 is 2.22 bits per heavy atom. The van der Waals surface area contributed by atoms with Crippen LogP contribution in [0.1, 0.15) is 63.5 Å². The summed E-state index contributed by atoms with van der Waals surface area (Å²) in [5, 5.41) is 0. The van der Waals surface area contributed by atoms with Gasteiger partial charge in [-0.1, -0.05) is 45.6 Å². The lowest BCUT2D eigenvalue weighted by Crippen LogP contribution is -2.02. The molecule has 2 aromatic rings. The molecular formula is C23H28F2O2. The Hall–Kier alpha value is -2.10. The van der Waals surface area contributed by atoms with Crippen LogP contribution in [0.2, 0.25) is 0 Å². The summed E-state index contributed by atoms with van der Waals surface area (Å²) in [7, 11) is 0. The lowest BCUT2D eigenvalue weighted by atomic mass is 10.0. The third-order valence-corrected chi connectivity index (χ3v) is 5.00. The molecule has 0 unspecified atom stereocenters. The first-order chi connectivity index (χ1) is 13.2. The van der Waals surface area contributed by atoms with Gasteiger partial charge in [-0.3, -0.25) is 0 Å². The van der Waals surface area contributed by atoms with Gasteiger partial charge in [-0.15, -0.1) is 0 Å². The summed E-state index contributed by atoms with van der Waals surface area (Å²) in [6, 6.07) is 7.27.